The van der Waals surface area contributed by atoms with Gasteiger partial charge < -0.3 is 9.64 Å². The van der Waals surface area contributed by atoms with Crippen molar-refractivity contribution < 1.29 is 9.53 Å². The molecule has 1 saturated heterocycles. The number of likely N-dealkylation sites (tertiary alicyclic amines) is 1. The van der Waals surface area contributed by atoms with E-state index in [1.807, 2.05) is 4.90 Å². The minimum absolute atomic E-state index is 0.116. The van der Waals surface area contributed by atoms with Crippen LogP contribution in [0.4, 0.5) is 0 Å². The molecule has 1 heterocycles. The summed E-state index contributed by atoms with van der Waals surface area (Å²) in [6.07, 6.45) is -0.275. The Kier molecular flexibility index (Phi) is 2.49. The molecule has 0 spiro atoms. The Labute approximate surface area is 67.3 Å². The van der Waals surface area contributed by atoms with Gasteiger partial charge in [-0.15, -0.1) is 0 Å². The zero-order chi connectivity index (χ0) is 8.43. The van der Waals surface area contributed by atoms with E-state index >= 15 is 0 Å². The van der Waals surface area contributed by atoms with Crippen molar-refractivity contribution in [3.8, 4) is 0 Å². The molecule has 3 heteroatoms. The summed E-state index contributed by atoms with van der Waals surface area (Å²) in [5, 5.41) is 0. The fourth-order valence-corrected chi connectivity index (χ4v) is 1.24. The van der Waals surface area contributed by atoms with Crippen LogP contribution >= 0.6 is 0 Å². The van der Waals surface area contributed by atoms with Crippen LogP contribution in [0.15, 0.2) is 0 Å². The highest BCUT2D eigenvalue weighted by Crippen LogP contribution is 2.15. The molecule has 1 amide bonds. The van der Waals surface area contributed by atoms with E-state index in [9.17, 15) is 4.79 Å². The standard InChI is InChI=1S/C8H15NO2/c1-6-4-9(5-6)8(10)7(2)11-3/h6-7H,4-5H2,1-3H3. The molecular weight excluding hydrogens is 142 g/mol. The Morgan fingerprint density at radius 3 is 2.55 bits per heavy atom. The Morgan fingerprint density at radius 1 is 1.64 bits per heavy atom. The first-order chi connectivity index (χ1) is 5.15. The first-order valence-corrected chi connectivity index (χ1v) is 3.96. The topological polar surface area (TPSA) is 29.5 Å². The van der Waals surface area contributed by atoms with E-state index < -0.39 is 0 Å². The first kappa shape index (κ1) is 8.53. The zero-order valence-corrected chi connectivity index (χ0v) is 7.33. The average molecular weight is 157 g/mol. The van der Waals surface area contributed by atoms with E-state index in [-0.39, 0.29) is 12.0 Å². The number of amides is 1. The second-order valence-corrected chi connectivity index (χ2v) is 3.23. The maximum absolute atomic E-state index is 11.3. The zero-order valence-electron chi connectivity index (χ0n) is 7.33. The maximum atomic E-state index is 11.3. The van der Waals surface area contributed by atoms with Gasteiger partial charge >= 0.3 is 0 Å². The number of carbonyl (C=O) groups excluding carboxylic acids is 1. The third-order valence-electron chi connectivity index (χ3n) is 2.08. The number of nitrogens with zero attached hydrogens (tertiary/aromatic N) is 1. The summed E-state index contributed by atoms with van der Waals surface area (Å²) < 4.78 is 4.91. The Hall–Kier alpha value is -0.570. The van der Waals surface area contributed by atoms with Gasteiger partial charge in [0.2, 0.25) is 0 Å². The van der Waals surface area contributed by atoms with Crippen molar-refractivity contribution in [1.82, 2.24) is 4.90 Å². The minimum atomic E-state index is -0.275. The Bertz CT molecular complexity index is 152. The summed E-state index contributed by atoms with van der Waals surface area (Å²) >= 11 is 0. The van der Waals surface area contributed by atoms with Crippen molar-refractivity contribution in [2.24, 2.45) is 5.92 Å². The molecule has 0 radical (unpaired) electrons. The molecule has 11 heavy (non-hydrogen) atoms. The van der Waals surface area contributed by atoms with Gasteiger partial charge in [-0.2, -0.15) is 0 Å². The van der Waals surface area contributed by atoms with Crippen molar-refractivity contribution in [2.75, 3.05) is 20.2 Å². The summed E-state index contributed by atoms with van der Waals surface area (Å²) in [7, 11) is 1.56. The van der Waals surface area contributed by atoms with Gasteiger partial charge in [-0.25, -0.2) is 0 Å². The predicted octanol–water partition coefficient (Wildman–Crippen LogP) is 0.500. The summed E-state index contributed by atoms with van der Waals surface area (Å²) in [6, 6.07) is 0. The lowest BCUT2D eigenvalue weighted by atomic mass is 10.0. The maximum Gasteiger partial charge on any atom is 0.251 e. The molecule has 0 aliphatic carbocycles. The molecule has 3 nitrogen and oxygen atoms in total. The van der Waals surface area contributed by atoms with Gasteiger partial charge in [-0.05, 0) is 12.8 Å². The van der Waals surface area contributed by atoms with Crippen LogP contribution in [0.1, 0.15) is 13.8 Å². The normalized spacial score (nSPS) is 21.2. The van der Waals surface area contributed by atoms with Crippen LogP contribution < -0.4 is 0 Å². The number of hydrogen-bond acceptors (Lipinski definition) is 2. The van der Waals surface area contributed by atoms with E-state index in [2.05, 4.69) is 6.92 Å². The second-order valence-electron chi connectivity index (χ2n) is 3.23. The lowest BCUT2D eigenvalue weighted by Gasteiger charge is -2.38. The van der Waals surface area contributed by atoms with Gasteiger partial charge in [0.1, 0.15) is 6.10 Å². The average Bonchev–Trinajstić information content (AvgIpc) is 1.96. The monoisotopic (exact) mass is 157 g/mol. The molecule has 0 aromatic heterocycles. The van der Waals surface area contributed by atoms with Crippen molar-refractivity contribution in [3.63, 3.8) is 0 Å². The molecule has 1 fully saturated rings. The number of carbonyl (C=O) groups is 1. The van der Waals surface area contributed by atoms with E-state index in [4.69, 9.17) is 4.74 Å². The lowest BCUT2D eigenvalue weighted by molar-refractivity contribution is -0.147. The molecule has 0 bridgehead atoms. The quantitative estimate of drug-likeness (QED) is 0.584. The van der Waals surface area contributed by atoms with Gasteiger partial charge in [0.15, 0.2) is 0 Å². The van der Waals surface area contributed by atoms with Crippen LogP contribution in [0.2, 0.25) is 0 Å². The van der Waals surface area contributed by atoms with Crippen LogP contribution in [0, 0.1) is 5.92 Å². The molecule has 1 aliphatic rings. The highest BCUT2D eigenvalue weighted by molar-refractivity contribution is 5.81. The summed E-state index contributed by atoms with van der Waals surface area (Å²) in [6.45, 7) is 5.71. The molecule has 1 aliphatic heterocycles. The molecule has 0 N–H and O–H groups in total. The van der Waals surface area contributed by atoms with Gasteiger partial charge in [-0.1, -0.05) is 6.92 Å². The van der Waals surface area contributed by atoms with Crippen LogP contribution in [-0.2, 0) is 9.53 Å². The predicted molar refractivity (Wildman–Crippen MR) is 42.2 cm³/mol. The minimum Gasteiger partial charge on any atom is -0.372 e. The molecule has 0 aromatic rings. The third-order valence-corrected chi connectivity index (χ3v) is 2.08. The molecule has 0 aromatic carbocycles. The fourth-order valence-electron chi connectivity index (χ4n) is 1.24. The fraction of sp³-hybridized carbons (Fsp3) is 0.875. The Balaban J connectivity index is 2.31. The van der Waals surface area contributed by atoms with E-state index in [1.54, 1.807) is 14.0 Å². The Morgan fingerprint density at radius 2 is 2.18 bits per heavy atom. The van der Waals surface area contributed by atoms with Crippen LogP contribution in [0.3, 0.4) is 0 Å². The largest absolute Gasteiger partial charge is 0.372 e. The van der Waals surface area contributed by atoms with Gasteiger partial charge in [0.05, 0.1) is 0 Å². The SMILES string of the molecule is COC(C)C(=O)N1CC(C)C1. The molecular formula is C8H15NO2. The van der Waals surface area contributed by atoms with Crippen molar-refractivity contribution in [3.05, 3.63) is 0 Å². The van der Waals surface area contributed by atoms with E-state index in [1.165, 1.54) is 0 Å². The second kappa shape index (κ2) is 3.22. The summed E-state index contributed by atoms with van der Waals surface area (Å²) in [5.41, 5.74) is 0. The molecule has 0 saturated carbocycles. The van der Waals surface area contributed by atoms with Crippen molar-refractivity contribution in [2.45, 2.75) is 20.0 Å². The smallest absolute Gasteiger partial charge is 0.251 e. The summed E-state index contributed by atoms with van der Waals surface area (Å²) in [4.78, 5) is 13.1. The van der Waals surface area contributed by atoms with Gasteiger partial charge in [0.25, 0.3) is 5.91 Å². The number of ether oxygens (including phenoxy) is 1. The molecule has 64 valence electrons. The molecule has 1 rings (SSSR count). The van der Waals surface area contributed by atoms with E-state index in [0.29, 0.717) is 5.92 Å². The number of methoxy groups -OCH3 is 1. The van der Waals surface area contributed by atoms with Crippen LogP contribution in [0.25, 0.3) is 0 Å². The molecule has 1 atom stereocenters. The first-order valence-electron chi connectivity index (χ1n) is 3.96. The number of rotatable bonds is 2. The van der Waals surface area contributed by atoms with Gasteiger partial charge in [0, 0.05) is 20.2 Å². The van der Waals surface area contributed by atoms with Crippen LogP contribution in [-0.4, -0.2) is 37.1 Å². The van der Waals surface area contributed by atoms with Gasteiger partial charge in [-0.3, -0.25) is 4.79 Å². The third kappa shape index (κ3) is 1.71. The van der Waals surface area contributed by atoms with Crippen LogP contribution in [0.5, 0.6) is 0 Å². The summed E-state index contributed by atoms with van der Waals surface area (Å²) in [5.74, 6) is 0.786. The van der Waals surface area contributed by atoms with E-state index in [0.717, 1.165) is 13.1 Å². The lowest BCUT2D eigenvalue weighted by Crippen LogP contribution is -2.52. The van der Waals surface area contributed by atoms with Crippen molar-refractivity contribution in [1.29, 1.82) is 0 Å². The molecule has 1 unspecified atom stereocenters. The highest BCUT2D eigenvalue weighted by atomic mass is 16.5. The number of hydrogen-bond donors (Lipinski definition) is 0. The van der Waals surface area contributed by atoms with Crippen molar-refractivity contribution >= 4 is 5.91 Å². The highest BCUT2D eigenvalue weighted by Gasteiger charge is 2.29.